The first-order chi connectivity index (χ1) is 14.0. The van der Waals surface area contributed by atoms with Crippen LogP contribution in [0.3, 0.4) is 0 Å². The monoisotopic (exact) mass is 427 g/mol. The zero-order valence-electron chi connectivity index (χ0n) is 15.3. The summed E-state index contributed by atoms with van der Waals surface area (Å²) in [6.45, 7) is 0.171. The molecule has 0 saturated heterocycles. The lowest BCUT2D eigenvalue weighted by atomic mass is 9.98. The first-order valence-corrected chi connectivity index (χ1v) is 10.4. The van der Waals surface area contributed by atoms with Gasteiger partial charge in [-0.05, 0) is 28.3 Å². The van der Waals surface area contributed by atoms with Gasteiger partial charge >= 0.3 is 12.1 Å². The molecule has 7 heteroatoms. The zero-order valence-corrected chi connectivity index (χ0v) is 16.9. The van der Waals surface area contributed by atoms with Crippen LogP contribution in [0.4, 0.5) is 4.79 Å². The molecule has 0 radical (unpaired) electrons. The third kappa shape index (κ3) is 4.13. The molecule has 5 nitrogen and oxygen atoms in total. The molecule has 0 unspecified atom stereocenters. The Morgan fingerprint density at radius 2 is 1.72 bits per heavy atom. The van der Waals surface area contributed by atoms with Crippen LogP contribution in [0.15, 0.2) is 60.0 Å². The molecule has 4 rings (SSSR count). The first kappa shape index (κ1) is 19.5. The number of fused-ring (bicyclic) bond motifs is 3. The summed E-state index contributed by atoms with van der Waals surface area (Å²) in [5.41, 5.74) is 4.53. The molecule has 148 valence electrons. The Labute approximate surface area is 176 Å². The number of carboxylic acid groups (broad SMARTS) is 1. The van der Waals surface area contributed by atoms with Crippen molar-refractivity contribution in [2.75, 3.05) is 6.61 Å². The second-order valence-corrected chi connectivity index (χ2v) is 8.17. The minimum Gasteiger partial charge on any atom is -0.481 e. The van der Waals surface area contributed by atoms with Crippen LogP contribution in [0.1, 0.15) is 34.4 Å². The van der Waals surface area contributed by atoms with Crippen molar-refractivity contribution >= 4 is 35.0 Å². The number of alkyl carbamates (subject to hydrolysis) is 1. The van der Waals surface area contributed by atoms with Crippen LogP contribution in [-0.4, -0.2) is 23.8 Å². The summed E-state index contributed by atoms with van der Waals surface area (Å²) >= 11 is 7.24. The largest absolute Gasteiger partial charge is 0.481 e. The maximum Gasteiger partial charge on any atom is 0.407 e. The van der Waals surface area contributed by atoms with Gasteiger partial charge in [0.2, 0.25) is 0 Å². The molecule has 0 fully saturated rings. The molecule has 0 spiro atoms. The minimum atomic E-state index is -1.02. The van der Waals surface area contributed by atoms with E-state index in [2.05, 4.69) is 17.4 Å². The molecule has 3 aromatic rings. The van der Waals surface area contributed by atoms with Crippen molar-refractivity contribution in [2.45, 2.75) is 18.4 Å². The lowest BCUT2D eigenvalue weighted by Gasteiger charge is -2.18. The van der Waals surface area contributed by atoms with Crippen LogP contribution in [-0.2, 0) is 9.53 Å². The highest BCUT2D eigenvalue weighted by Gasteiger charge is 2.29. The standard InChI is InChI=1S/C22H18ClNO4S/c23-13-9-20(29-12-13)19(10-21(25)26)24-22(27)28-11-18-16-7-3-1-5-14(16)15-6-2-4-8-17(15)18/h1-9,12,18-19H,10-11H2,(H,24,27)(H,25,26)/t19-/m0/s1. The highest BCUT2D eigenvalue weighted by molar-refractivity contribution is 7.10. The number of nitrogens with one attached hydrogen (secondary N) is 1. The third-order valence-corrected chi connectivity index (χ3v) is 6.34. The summed E-state index contributed by atoms with van der Waals surface area (Å²) in [4.78, 5) is 24.3. The molecule has 0 aliphatic heterocycles. The summed E-state index contributed by atoms with van der Waals surface area (Å²) in [5, 5.41) is 14.0. The van der Waals surface area contributed by atoms with Gasteiger partial charge in [0.25, 0.3) is 0 Å². The molecule has 1 aliphatic rings. The number of benzene rings is 2. The predicted molar refractivity (Wildman–Crippen MR) is 113 cm³/mol. The van der Waals surface area contributed by atoms with E-state index in [-0.39, 0.29) is 18.9 Å². The fourth-order valence-electron chi connectivity index (χ4n) is 3.69. The van der Waals surface area contributed by atoms with Gasteiger partial charge in [-0.15, -0.1) is 11.3 Å². The van der Waals surface area contributed by atoms with Crippen LogP contribution in [0.25, 0.3) is 11.1 Å². The second kappa shape index (κ2) is 8.27. The Morgan fingerprint density at radius 1 is 1.10 bits per heavy atom. The lowest BCUT2D eigenvalue weighted by Crippen LogP contribution is -2.31. The van der Waals surface area contributed by atoms with Crippen molar-refractivity contribution in [3.05, 3.63) is 81.0 Å². The summed E-state index contributed by atoms with van der Waals surface area (Å²) in [7, 11) is 0. The van der Waals surface area contributed by atoms with Crippen molar-refractivity contribution in [1.29, 1.82) is 0 Å². The number of hydrogen-bond acceptors (Lipinski definition) is 4. The normalized spacial score (nSPS) is 13.4. The number of carbonyl (C=O) groups is 2. The Bertz CT molecular complexity index is 1020. The smallest absolute Gasteiger partial charge is 0.407 e. The predicted octanol–water partition coefficient (Wildman–Crippen LogP) is 5.46. The number of halogens is 1. The molecule has 1 aromatic heterocycles. The van der Waals surface area contributed by atoms with E-state index in [0.717, 1.165) is 22.3 Å². The van der Waals surface area contributed by atoms with Crippen molar-refractivity contribution in [3.8, 4) is 11.1 Å². The second-order valence-electron chi connectivity index (χ2n) is 6.79. The zero-order chi connectivity index (χ0) is 20.4. The number of hydrogen-bond donors (Lipinski definition) is 2. The fourth-order valence-corrected chi connectivity index (χ4v) is 4.82. The Kier molecular flexibility index (Phi) is 5.56. The highest BCUT2D eigenvalue weighted by Crippen LogP contribution is 2.44. The van der Waals surface area contributed by atoms with Crippen molar-refractivity contribution < 1.29 is 19.4 Å². The Hall–Kier alpha value is -2.83. The van der Waals surface area contributed by atoms with E-state index in [1.807, 2.05) is 36.4 Å². The van der Waals surface area contributed by atoms with Gasteiger partial charge in [-0.2, -0.15) is 0 Å². The van der Waals surface area contributed by atoms with E-state index in [1.54, 1.807) is 11.4 Å². The molecule has 2 N–H and O–H groups in total. The van der Waals surface area contributed by atoms with Gasteiger partial charge < -0.3 is 15.2 Å². The van der Waals surface area contributed by atoms with Gasteiger partial charge in [0.1, 0.15) is 6.61 Å². The van der Waals surface area contributed by atoms with Gasteiger partial charge in [-0.3, -0.25) is 4.79 Å². The molecule has 1 atom stereocenters. The molecule has 29 heavy (non-hydrogen) atoms. The van der Waals surface area contributed by atoms with Crippen LogP contribution in [0.2, 0.25) is 5.02 Å². The number of aliphatic carboxylic acids is 1. The molecule has 0 saturated carbocycles. The topological polar surface area (TPSA) is 75.6 Å². The maximum atomic E-state index is 12.4. The van der Waals surface area contributed by atoms with Crippen molar-refractivity contribution in [3.63, 3.8) is 0 Å². The quantitative estimate of drug-likeness (QED) is 0.548. The van der Waals surface area contributed by atoms with E-state index >= 15 is 0 Å². The van der Waals surface area contributed by atoms with E-state index in [9.17, 15) is 9.59 Å². The van der Waals surface area contributed by atoms with Gasteiger partial charge in [0.15, 0.2) is 0 Å². The molecule has 0 bridgehead atoms. The van der Waals surface area contributed by atoms with E-state index in [1.165, 1.54) is 11.3 Å². The summed E-state index contributed by atoms with van der Waals surface area (Å²) in [6, 6.07) is 17.1. The van der Waals surface area contributed by atoms with Crippen molar-refractivity contribution in [2.24, 2.45) is 0 Å². The summed E-state index contributed by atoms with van der Waals surface area (Å²) in [6.07, 6.45) is -0.899. The minimum absolute atomic E-state index is 0.0535. The Morgan fingerprint density at radius 3 is 2.28 bits per heavy atom. The number of amides is 1. The maximum absolute atomic E-state index is 12.4. The average molecular weight is 428 g/mol. The van der Waals surface area contributed by atoms with Gasteiger partial charge in [-0.1, -0.05) is 60.1 Å². The number of rotatable bonds is 6. The van der Waals surface area contributed by atoms with Crippen LogP contribution >= 0.6 is 22.9 Å². The SMILES string of the molecule is O=C(O)C[C@H](NC(=O)OCC1c2ccccc2-c2ccccc21)c1cc(Cl)cs1. The van der Waals surface area contributed by atoms with Gasteiger partial charge in [-0.25, -0.2) is 4.79 Å². The average Bonchev–Trinajstić information content (AvgIpc) is 3.27. The first-order valence-electron chi connectivity index (χ1n) is 9.10. The molecule has 1 aliphatic carbocycles. The van der Waals surface area contributed by atoms with Gasteiger partial charge in [0.05, 0.1) is 17.5 Å². The molecule has 1 amide bonds. The number of carbonyl (C=O) groups excluding carboxylic acids is 1. The van der Waals surface area contributed by atoms with Crippen LogP contribution in [0, 0.1) is 0 Å². The van der Waals surface area contributed by atoms with Crippen LogP contribution < -0.4 is 5.32 Å². The number of ether oxygens (including phenoxy) is 1. The summed E-state index contributed by atoms with van der Waals surface area (Å²) in [5.74, 6) is -1.07. The van der Waals surface area contributed by atoms with Crippen LogP contribution in [0.5, 0.6) is 0 Å². The Balaban J connectivity index is 1.47. The van der Waals surface area contributed by atoms with E-state index in [4.69, 9.17) is 21.4 Å². The number of carboxylic acids is 1. The lowest BCUT2D eigenvalue weighted by molar-refractivity contribution is -0.137. The molecule has 1 heterocycles. The molecular formula is C22H18ClNO4S. The molecule has 2 aromatic carbocycles. The third-order valence-electron chi connectivity index (χ3n) is 4.95. The fraction of sp³-hybridized carbons (Fsp3) is 0.182. The molecular weight excluding hydrogens is 410 g/mol. The van der Waals surface area contributed by atoms with E-state index < -0.39 is 18.1 Å². The van der Waals surface area contributed by atoms with Crippen molar-refractivity contribution in [1.82, 2.24) is 5.32 Å². The number of thiophene rings is 1. The van der Waals surface area contributed by atoms with E-state index in [0.29, 0.717) is 9.90 Å². The highest BCUT2D eigenvalue weighted by atomic mass is 35.5. The van der Waals surface area contributed by atoms with Gasteiger partial charge in [0, 0.05) is 16.2 Å². The summed E-state index contributed by atoms with van der Waals surface area (Å²) < 4.78 is 5.51.